The predicted molar refractivity (Wildman–Crippen MR) is 95.5 cm³/mol. The predicted octanol–water partition coefficient (Wildman–Crippen LogP) is 3.84. The van der Waals surface area contributed by atoms with E-state index in [-0.39, 0.29) is 12.3 Å². The number of thiazole rings is 1. The van der Waals surface area contributed by atoms with Gasteiger partial charge >= 0.3 is 5.97 Å². The first-order chi connectivity index (χ1) is 11.7. The van der Waals surface area contributed by atoms with Gasteiger partial charge in [0.25, 0.3) is 0 Å². The first-order valence-electron chi connectivity index (χ1n) is 7.13. The van der Waals surface area contributed by atoms with Crippen LogP contribution in [0.4, 0.5) is 5.69 Å². The van der Waals surface area contributed by atoms with Crippen LogP contribution in [0.15, 0.2) is 47.2 Å². The van der Waals surface area contributed by atoms with E-state index in [2.05, 4.69) is 10.3 Å². The fourth-order valence-corrected chi connectivity index (χ4v) is 3.77. The molecule has 0 radical (unpaired) electrons. The molecule has 3 rings (SSSR count). The van der Waals surface area contributed by atoms with Crippen molar-refractivity contribution in [1.29, 1.82) is 0 Å². The van der Waals surface area contributed by atoms with Gasteiger partial charge in [-0.15, -0.1) is 22.7 Å². The molecule has 0 aliphatic carbocycles. The lowest BCUT2D eigenvalue weighted by Gasteiger charge is -2.08. The van der Waals surface area contributed by atoms with E-state index >= 15 is 0 Å². The molecule has 2 heterocycles. The van der Waals surface area contributed by atoms with Crippen LogP contribution in [0.1, 0.15) is 16.1 Å². The number of carbonyl (C=O) groups excluding carboxylic acids is 2. The summed E-state index contributed by atoms with van der Waals surface area (Å²) in [6, 6.07) is 10.7. The number of thiophene rings is 1. The normalized spacial score (nSPS) is 10.4. The molecule has 0 saturated heterocycles. The summed E-state index contributed by atoms with van der Waals surface area (Å²) in [5.74, 6) is -0.714. The number of para-hydroxylation sites is 1. The molecule has 0 saturated carbocycles. The Labute approximate surface area is 146 Å². The monoisotopic (exact) mass is 358 g/mol. The second-order valence-electron chi connectivity index (χ2n) is 4.88. The molecule has 7 heteroatoms. The van der Waals surface area contributed by atoms with E-state index in [0.29, 0.717) is 16.9 Å². The number of aromatic nitrogens is 1. The number of methoxy groups -OCH3 is 1. The van der Waals surface area contributed by atoms with Gasteiger partial charge in [-0.2, -0.15) is 0 Å². The largest absolute Gasteiger partial charge is 0.465 e. The van der Waals surface area contributed by atoms with Crippen LogP contribution in [-0.2, 0) is 16.0 Å². The average molecular weight is 358 g/mol. The van der Waals surface area contributed by atoms with E-state index in [9.17, 15) is 9.59 Å². The molecule has 5 nitrogen and oxygen atoms in total. The molecule has 24 heavy (non-hydrogen) atoms. The Kier molecular flexibility index (Phi) is 5.02. The van der Waals surface area contributed by atoms with E-state index in [1.54, 1.807) is 35.6 Å². The van der Waals surface area contributed by atoms with Crippen molar-refractivity contribution in [2.24, 2.45) is 0 Å². The highest BCUT2D eigenvalue weighted by atomic mass is 32.1. The molecule has 1 N–H and O–H groups in total. The summed E-state index contributed by atoms with van der Waals surface area (Å²) in [5, 5.41) is 7.52. The van der Waals surface area contributed by atoms with Crippen molar-refractivity contribution >= 4 is 40.2 Å². The van der Waals surface area contributed by atoms with E-state index in [0.717, 1.165) is 9.88 Å². The van der Waals surface area contributed by atoms with Gasteiger partial charge in [0.2, 0.25) is 5.91 Å². The highest BCUT2D eigenvalue weighted by molar-refractivity contribution is 7.20. The van der Waals surface area contributed by atoms with Gasteiger partial charge < -0.3 is 10.1 Å². The van der Waals surface area contributed by atoms with Crippen LogP contribution < -0.4 is 5.32 Å². The summed E-state index contributed by atoms with van der Waals surface area (Å²) in [7, 11) is 1.31. The number of amides is 1. The minimum atomic E-state index is -0.487. The highest BCUT2D eigenvalue weighted by Gasteiger charge is 2.14. The van der Waals surface area contributed by atoms with Crippen molar-refractivity contribution < 1.29 is 14.3 Å². The molecule has 1 aromatic carbocycles. The van der Waals surface area contributed by atoms with Crippen LogP contribution in [0.5, 0.6) is 0 Å². The number of esters is 1. The number of hydrogen-bond acceptors (Lipinski definition) is 6. The van der Waals surface area contributed by atoms with Crippen molar-refractivity contribution in [2.75, 3.05) is 12.4 Å². The number of anilines is 1. The fraction of sp³-hybridized carbons (Fsp3) is 0.118. The lowest BCUT2D eigenvalue weighted by Crippen LogP contribution is -2.17. The van der Waals surface area contributed by atoms with Crippen LogP contribution >= 0.6 is 22.7 Å². The van der Waals surface area contributed by atoms with E-state index in [1.807, 2.05) is 22.9 Å². The van der Waals surface area contributed by atoms with Gasteiger partial charge in [0.1, 0.15) is 5.01 Å². The number of benzene rings is 1. The van der Waals surface area contributed by atoms with Crippen LogP contribution in [0.25, 0.3) is 9.88 Å². The van der Waals surface area contributed by atoms with Crippen LogP contribution in [0.3, 0.4) is 0 Å². The SMILES string of the molecule is COC(=O)c1ccccc1NC(=O)Cc1csc(-c2cccs2)n1. The maximum atomic E-state index is 12.2. The third kappa shape index (κ3) is 3.69. The third-order valence-electron chi connectivity index (χ3n) is 3.23. The van der Waals surface area contributed by atoms with Crippen molar-refractivity contribution in [3.05, 3.63) is 58.4 Å². The number of nitrogens with zero attached hydrogens (tertiary/aromatic N) is 1. The van der Waals surface area contributed by atoms with Gasteiger partial charge in [-0.25, -0.2) is 9.78 Å². The summed E-state index contributed by atoms with van der Waals surface area (Å²) in [5.41, 5.74) is 1.46. The molecule has 0 atom stereocenters. The average Bonchev–Trinajstić information content (AvgIpc) is 3.25. The second kappa shape index (κ2) is 7.37. The topological polar surface area (TPSA) is 68.3 Å². The van der Waals surface area contributed by atoms with E-state index < -0.39 is 5.97 Å². The van der Waals surface area contributed by atoms with Gasteiger partial charge in [-0.1, -0.05) is 18.2 Å². The molecule has 1 amide bonds. The zero-order valence-corrected chi connectivity index (χ0v) is 14.4. The Hall–Kier alpha value is -2.51. The molecular weight excluding hydrogens is 344 g/mol. The zero-order chi connectivity index (χ0) is 16.9. The minimum Gasteiger partial charge on any atom is -0.465 e. The van der Waals surface area contributed by atoms with Crippen LogP contribution in [-0.4, -0.2) is 24.0 Å². The molecule has 2 aromatic heterocycles. The van der Waals surface area contributed by atoms with Crippen LogP contribution in [0, 0.1) is 0 Å². The van der Waals surface area contributed by atoms with Gasteiger partial charge in [0, 0.05) is 5.38 Å². The summed E-state index contributed by atoms with van der Waals surface area (Å²) in [6.45, 7) is 0. The number of rotatable bonds is 5. The molecule has 0 spiro atoms. The van der Waals surface area contributed by atoms with E-state index in [1.165, 1.54) is 18.4 Å². The standard InChI is InChI=1S/C17H14N2O3S2/c1-22-17(21)12-5-2-3-6-13(12)19-15(20)9-11-10-24-16(18-11)14-7-4-8-23-14/h2-8,10H,9H2,1H3,(H,19,20). The molecular formula is C17H14N2O3S2. The molecule has 122 valence electrons. The van der Waals surface area contributed by atoms with Crippen molar-refractivity contribution in [3.8, 4) is 9.88 Å². The maximum absolute atomic E-state index is 12.2. The Morgan fingerprint density at radius 3 is 2.75 bits per heavy atom. The summed E-state index contributed by atoms with van der Waals surface area (Å²) < 4.78 is 4.72. The molecule has 0 fully saturated rings. The quantitative estimate of drug-likeness (QED) is 0.704. The lowest BCUT2D eigenvalue weighted by molar-refractivity contribution is -0.115. The molecule has 0 aliphatic rings. The van der Waals surface area contributed by atoms with Crippen molar-refractivity contribution in [1.82, 2.24) is 4.98 Å². The number of hydrogen-bond donors (Lipinski definition) is 1. The van der Waals surface area contributed by atoms with Gasteiger partial charge in [-0.3, -0.25) is 4.79 Å². The first kappa shape index (κ1) is 16.4. The third-order valence-corrected chi connectivity index (χ3v) is 5.16. The Morgan fingerprint density at radius 1 is 1.17 bits per heavy atom. The molecule has 0 bridgehead atoms. The Bertz CT molecular complexity index is 856. The highest BCUT2D eigenvalue weighted by Crippen LogP contribution is 2.28. The summed E-state index contributed by atoms with van der Waals surface area (Å²) >= 11 is 3.13. The number of ether oxygens (including phenoxy) is 1. The maximum Gasteiger partial charge on any atom is 0.339 e. The smallest absolute Gasteiger partial charge is 0.339 e. The van der Waals surface area contributed by atoms with Gasteiger partial charge in [0.15, 0.2) is 0 Å². The first-order valence-corrected chi connectivity index (χ1v) is 8.89. The number of nitrogens with one attached hydrogen (secondary N) is 1. The molecule has 3 aromatic rings. The Balaban J connectivity index is 1.70. The summed E-state index contributed by atoms with van der Waals surface area (Å²) in [4.78, 5) is 29.5. The molecule has 0 unspecified atom stereocenters. The van der Waals surface area contributed by atoms with Gasteiger partial charge in [0.05, 0.1) is 35.4 Å². The molecule has 0 aliphatic heterocycles. The second-order valence-corrected chi connectivity index (χ2v) is 6.69. The van der Waals surface area contributed by atoms with E-state index in [4.69, 9.17) is 4.74 Å². The van der Waals surface area contributed by atoms with Crippen molar-refractivity contribution in [2.45, 2.75) is 6.42 Å². The lowest BCUT2D eigenvalue weighted by atomic mass is 10.1. The van der Waals surface area contributed by atoms with Crippen LogP contribution in [0.2, 0.25) is 0 Å². The fourth-order valence-electron chi connectivity index (χ4n) is 2.14. The number of carbonyl (C=O) groups is 2. The Morgan fingerprint density at radius 2 is 2.00 bits per heavy atom. The summed E-state index contributed by atoms with van der Waals surface area (Å²) in [6.07, 6.45) is 0.150. The van der Waals surface area contributed by atoms with Crippen molar-refractivity contribution in [3.63, 3.8) is 0 Å². The minimum absolute atomic E-state index is 0.150. The van der Waals surface area contributed by atoms with Gasteiger partial charge in [-0.05, 0) is 23.6 Å². The zero-order valence-electron chi connectivity index (χ0n) is 12.8.